The fraction of sp³-hybridized carbons (Fsp3) is 0.0833. The molecule has 0 aliphatic heterocycles. The molecule has 0 spiro atoms. The molecule has 0 amide bonds. The monoisotopic (exact) mass is 794 g/mol. The van der Waals surface area contributed by atoms with E-state index in [1.54, 1.807) is 48.5 Å². The van der Waals surface area contributed by atoms with Gasteiger partial charge in [-0.05, 0) is 132 Å². The Morgan fingerprint density at radius 3 is 0.750 bits per heavy atom. The summed E-state index contributed by atoms with van der Waals surface area (Å²) in [6.07, 6.45) is 0. The summed E-state index contributed by atoms with van der Waals surface area (Å²) in [5.74, 6) is -0.0580. The van der Waals surface area contributed by atoms with Crippen LogP contribution in [-0.2, 0) is 19.2 Å². The topological polar surface area (TPSA) is 157 Å². The first-order valence-corrected chi connectivity index (χ1v) is 18.7. The highest BCUT2D eigenvalue weighted by molar-refractivity contribution is 5.92. The van der Waals surface area contributed by atoms with E-state index in [1.807, 2.05) is 84.9 Å². The summed E-state index contributed by atoms with van der Waals surface area (Å²) in [4.78, 5) is 66.7. The number of esters is 4. The van der Waals surface area contributed by atoms with Crippen molar-refractivity contribution in [1.29, 1.82) is 0 Å². The zero-order valence-corrected chi connectivity index (χ0v) is 32.8. The third-order valence-corrected chi connectivity index (χ3v) is 9.22. The van der Waals surface area contributed by atoms with Gasteiger partial charge in [-0.2, -0.15) is 0 Å². The molecule has 0 fully saturated rings. The summed E-state index contributed by atoms with van der Waals surface area (Å²) in [6.45, 7) is 5.38. The summed E-state index contributed by atoms with van der Waals surface area (Å²) in [6, 6.07) is 39.9. The number of ether oxygens (including phenoxy) is 4. The predicted octanol–water partition coefficient (Wildman–Crippen LogP) is 9.61. The Bertz CT molecular complexity index is 2760. The summed E-state index contributed by atoms with van der Waals surface area (Å²) >= 11 is 0. The van der Waals surface area contributed by atoms with E-state index in [1.165, 1.54) is 27.7 Å². The van der Waals surface area contributed by atoms with E-state index in [4.69, 9.17) is 38.9 Å². The minimum atomic E-state index is -0.423. The minimum Gasteiger partial charge on any atom is -0.427 e. The molecule has 0 unspecified atom stereocenters. The first-order valence-electron chi connectivity index (χ1n) is 18.7. The van der Waals surface area contributed by atoms with Gasteiger partial charge in [-0.1, -0.05) is 12.1 Å². The van der Waals surface area contributed by atoms with E-state index in [-0.39, 0.29) is 0 Å². The van der Waals surface area contributed by atoms with Crippen molar-refractivity contribution in [3.05, 3.63) is 133 Å². The zero-order valence-electron chi connectivity index (χ0n) is 32.8. The number of hydrogen-bond donors (Lipinski definition) is 0. The van der Waals surface area contributed by atoms with Gasteiger partial charge in [0.2, 0.25) is 0 Å². The van der Waals surface area contributed by atoms with Gasteiger partial charge in [0.1, 0.15) is 23.0 Å². The third-order valence-electron chi connectivity index (χ3n) is 9.22. The Labute approximate surface area is 343 Å². The van der Waals surface area contributed by atoms with Gasteiger partial charge in [0.15, 0.2) is 0 Å². The number of hydrogen-bond acceptors (Lipinski definition) is 12. The number of fused-ring (bicyclic) bond motifs is 2. The van der Waals surface area contributed by atoms with Crippen LogP contribution >= 0.6 is 0 Å². The zero-order chi connectivity index (χ0) is 41.9. The molecule has 6 aromatic carbocycles. The average molecular weight is 795 g/mol. The van der Waals surface area contributed by atoms with Crippen molar-refractivity contribution in [3.63, 3.8) is 0 Å². The van der Waals surface area contributed by atoms with Crippen molar-refractivity contribution < 1.29 is 38.1 Å². The van der Waals surface area contributed by atoms with Crippen molar-refractivity contribution in [2.24, 2.45) is 0 Å². The molecule has 294 valence electrons. The van der Waals surface area contributed by atoms with E-state index >= 15 is 0 Å². The molecule has 0 saturated heterocycles. The highest BCUT2D eigenvalue weighted by Crippen LogP contribution is 2.37. The fourth-order valence-corrected chi connectivity index (χ4v) is 6.66. The maximum atomic E-state index is 11.6. The standard InChI is InChI=1S/C48H34N4O8/c1-27(53)57-37-15-5-31(6-16-37)45-47(33-9-19-39(20-10-33)59-29(3)55)51-43-25-35(13-23-41(43)49-45)36-14-24-42-44(26-36)52-48(34-11-21-40(22-12-34)60-30(4)56)46(50-42)32-7-17-38(18-8-32)58-28(2)54/h5-26H,1-4H3. The molecule has 12 nitrogen and oxygen atoms in total. The van der Waals surface area contributed by atoms with E-state index in [0.717, 1.165) is 33.4 Å². The van der Waals surface area contributed by atoms with Crippen LogP contribution in [0.1, 0.15) is 27.7 Å². The molecule has 0 N–H and O–H groups in total. The second-order valence-electron chi connectivity index (χ2n) is 13.7. The predicted molar refractivity (Wildman–Crippen MR) is 225 cm³/mol. The highest BCUT2D eigenvalue weighted by atomic mass is 16.5. The van der Waals surface area contributed by atoms with E-state index in [9.17, 15) is 19.2 Å². The van der Waals surface area contributed by atoms with Crippen LogP contribution in [-0.4, -0.2) is 43.8 Å². The molecule has 0 aliphatic rings. The van der Waals surface area contributed by atoms with Crippen molar-refractivity contribution in [2.45, 2.75) is 27.7 Å². The summed E-state index contributed by atoms with van der Waals surface area (Å²) < 4.78 is 21.0. The molecule has 0 saturated carbocycles. The molecular formula is C48H34N4O8. The van der Waals surface area contributed by atoms with Crippen LogP contribution in [0.15, 0.2) is 133 Å². The smallest absolute Gasteiger partial charge is 0.308 e. The van der Waals surface area contributed by atoms with Crippen LogP contribution < -0.4 is 18.9 Å². The maximum absolute atomic E-state index is 11.6. The van der Waals surface area contributed by atoms with Crippen LogP contribution in [0.4, 0.5) is 0 Å². The van der Waals surface area contributed by atoms with Crippen LogP contribution in [0.2, 0.25) is 0 Å². The Balaban J connectivity index is 1.22. The lowest BCUT2D eigenvalue weighted by Crippen LogP contribution is -2.02. The molecule has 0 radical (unpaired) electrons. The molecular weight excluding hydrogens is 761 g/mol. The molecule has 0 aliphatic carbocycles. The Kier molecular flexibility index (Phi) is 10.6. The van der Waals surface area contributed by atoms with Crippen LogP contribution in [0.25, 0.3) is 78.2 Å². The minimum absolute atomic E-state index is 0.403. The normalized spacial score (nSPS) is 10.9. The van der Waals surface area contributed by atoms with Crippen molar-refractivity contribution in [2.75, 3.05) is 0 Å². The summed E-state index contributed by atoms with van der Waals surface area (Å²) in [5.41, 5.74) is 9.73. The van der Waals surface area contributed by atoms with Crippen LogP contribution in [0.5, 0.6) is 23.0 Å². The van der Waals surface area contributed by atoms with Gasteiger partial charge in [-0.15, -0.1) is 0 Å². The Morgan fingerprint density at radius 1 is 0.300 bits per heavy atom. The second kappa shape index (κ2) is 16.4. The number of rotatable bonds is 9. The van der Waals surface area contributed by atoms with Crippen molar-refractivity contribution >= 4 is 45.9 Å². The van der Waals surface area contributed by atoms with Gasteiger partial charge in [0.05, 0.1) is 44.8 Å². The van der Waals surface area contributed by atoms with Crippen LogP contribution in [0.3, 0.4) is 0 Å². The van der Waals surface area contributed by atoms with E-state index < -0.39 is 23.9 Å². The Hall–Kier alpha value is -8.12. The average Bonchev–Trinajstić information content (AvgIpc) is 3.23. The molecule has 2 aromatic heterocycles. The molecule has 12 heteroatoms. The number of nitrogens with zero attached hydrogens (tertiary/aromatic N) is 4. The lowest BCUT2D eigenvalue weighted by molar-refractivity contribution is -0.132. The SMILES string of the molecule is CC(=O)Oc1ccc(-c2nc3ccc(-c4ccc5nc(-c6ccc(OC(C)=O)cc6)c(-c6ccc(OC(C)=O)cc6)nc5c4)cc3nc2-c2ccc(OC(C)=O)cc2)cc1. The van der Waals surface area contributed by atoms with E-state index in [0.29, 0.717) is 67.8 Å². The summed E-state index contributed by atoms with van der Waals surface area (Å²) in [5, 5.41) is 0. The van der Waals surface area contributed by atoms with Gasteiger partial charge in [0.25, 0.3) is 0 Å². The number of benzene rings is 6. The quantitative estimate of drug-likeness (QED) is 0.101. The number of carbonyl (C=O) groups is 4. The maximum Gasteiger partial charge on any atom is 0.308 e. The lowest BCUT2D eigenvalue weighted by Gasteiger charge is -2.14. The lowest BCUT2D eigenvalue weighted by atomic mass is 10.0. The molecule has 8 rings (SSSR count). The first kappa shape index (κ1) is 38.7. The molecule has 2 heterocycles. The van der Waals surface area contributed by atoms with Crippen LogP contribution in [0, 0.1) is 0 Å². The second-order valence-corrected chi connectivity index (χ2v) is 13.7. The number of carbonyl (C=O) groups excluding carboxylic acids is 4. The molecule has 60 heavy (non-hydrogen) atoms. The number of aromatic nitrogens is 4. The third kappa shape index (κ3) is 8.58. The summed E-state index contributed by atoms with van der Waals surface area (Å²) in [7, 11) is 0. The van der Waals surface area contributed by atoms with Gasteiger partial charge in [0, 0.05) is 49.9 Å². The van der Waals surface area contributed by atoms with Crippen molar-refractivity contribution in [1.82, 2.24) is 19.9 Å². The van der Waals surface area contributed by atoms with Gasteiger partial charge in [-0.3, -0.25) is 19.2 Å². The molecule has 0 bridgehead atoms. The highest BCUT2D eigenvalue weighted by Gasteiger charge is 2.18. The van der Waals surface area contributed by atoms with E-state index in [2.05, 4.69) is 0 Å². The molecule has 8 aromatic rings. The van der Waals surface area contributed by atoms with Crippen molar-refractivity contribution in [3.8, 4) is 79.2 Å². The van der Waals surface area contributed by atoms with Gasteiger partial charge < -0.3 is 18.9 Å². The molecule has 0 atom stereocenters. The van der Waals surface area contributed by atoms with Gasteiger partial charge >= 0.3 is 23.9 Å². The largest absolute Gasteiger partial charge is 0.427 e. The van der Waals surface area contributed by atoms with Gasteiger partial charge in [-0.25, -0.2) is 19.9 Å². The fourth-order valence-electron chi connectivity index (χ4n) is 6.66. The first-order chi connectivity index (χ1) is 28.9. The Morgan fingerprint density at radius 2 is 0.517 bits per heavy atom.